The van der Waals surface area contributed by atoms with Crippen LogP contribution < -0.4 is 10.2 Å². The molecule has 0 saturated carbocycles. The Morgan fingerprint density at radius 3 is 2.77 bits per heavy atom. The Balaban J connectivity index is 1.47. The lowest BCUT2D eigenvalue weighted by Gasteiger charge is -2.41. The summed E-state index contributed by atoms with van der Waals surface area (Å²) >= 11 is 1.64. The Morgan fingerprint density at radius 2 is 2.03 bits per heavy atom. The Hall–Kier alpha value is -2.36. The Morgan fingerprint density at radius 1 is 1.19 bits per heavy atom. The summed E-state index contributed by atoms with van der Waals surface area (Å²) in [6.07, 6.45) is 2.96. The molecular weight excluding hydrogens is 420 g/mol. The second kappa shape index (κ2) is 8.64. The van der Waals surface area contributed by atoms with Crippen LogP contribution in [0.3, 0.4) is 0 Å². The van der Waals surface area contributed by atoms with Crippen molar-refractivity contribution in [2.75, 3.05) is 24.7 Å². The fourth-order valence-corrected chi connectivity index (χ4v) is 5.54. The summed E-state index contributed by atoms with van der Waals surface area (Å²) in [4.78, 5) is 11.4. The number of hydrogen-bond donors (Lipinski definition) is 1. The summed E-state index contributed by atoms with van der Waals surface area (Å²) < 4.78 is 32.7. The van der Waals surface area contributed by atoms with Gasteiger partial charge in [0.1, 0.15) is 0 Å². The second-order valence-corrected chi connectivity index (χ2v) is 9.21. The summed E-state index contributed by atoms with van der Waals surface area (Å²) in [7, 11) is 0. The first-order valence-electron chi connectivity index (χ1n) is 10.7. The molecule has 0 radical (unpaired) electrons. The third-order valence-corrected chi connectivity index (χ3v) is 7.17. The van der Waals surface area contributed by atoms with Gasteiger partial charge >= 0.3 is 0 Å². The summed E-state index contributed by atoms with van der Waals surface area (Å²) in [5.74, 6) is -0.354. The van der Waals surface area contributed by atoms with Gasteiger partial charge in [0.25, 0.3) is 0 Å². The summed E-state index contributed by atoms with van der Waals surface area (Å²) in [6.45, 7) is 6.21. The van der Waals surface area contributed by atoms with E-state index in [9.17, 15) is 8.78 Å². The number of nitrogens with zero attached hydrogens (tertiary/aromatic N) is 4. The molecule has 2 aromatic heterocycles. The molecule has 0 unspecified atom stereocenters. The number of aromatic nitrogens is 2. The van der Waals surface area contributed by atoms with Crippen LogP contribution in [0.1, 0.15) is 36.4 Å². The third-order valence-electron chi connectivity index (χ3n) is 6.01. The average Bonchev–Trinajstić information content (AvgIpc) is 3.43. The van der Waals surface area contributed by atoms with Gasteiger partial charge in [0.05, 0.1) is 18.9 Å². The first-order chi connectivity index (χ1) is 15.1. The Labute approximate surface area is 183 Å². The predicted molar refractivity (Wildman–Crippen MR) is 116 cm³/mol. The van der Waals surface area contributed by atoms with Crippen molar-refractivity contribution in [2.45, 2.75) is 45.3 Å². The number of rotatable bonds is 5. The van der Waals surface area contributed by atoms with Crippen molar-refractivity contribution in [1.82, 2.24) is 20.4 Å². The monoisotopic (exact) mass is 445 g/mol. The van der Waals surface area contributed by atoms with E-state index in [4.69, 9.17) is 4.52 Å². The molecule has 164 valence electrons. The molecule has 2 aliphatic rings. The third kappa shape index (κ3) is 4.22. The van der Waals surface area contributed by atoms with Crippen LogP contribution in [-0.2, 0) is 19.5 Å². The van der Waals surface area contributed by atoms with E-state index < -0.39 is 11.6 Å². The van der Waals surface area contributed by atoms with E-state index >= 15 is 0 Å². The van der Waals surface area contributed by atoms with Gasteiger partial charge in [-0.15, -0.1) is 11.3 Å². The number of hydrogen-bond acceptors (Lipinski definition) is 7. The molecule has 1 aromatic carbocycles. The van der Waals surface area contributed by atoms with E-state index in [1.54, 1.807) is 17.4 Å². The smallest absolute Gasteiger partial charge is 0.246 e. The highest BCUT2D eigenvalue weighted by molar-refractivity contribution is 7.16. The van der Waals surface area contributed by atoms with E-state index in [-0.39, 0.29) is 0 Å². The molecule has 0 aliphatic carbocycles. The molecule has 3 aromatic rings. The molecule has 6 nitrogen and oxygen atoms in total. The first kappa shape index (κ1) is 20.5. The van der Waals surface area contributed by atoms with Gasteiger partial charge in [-0.25, -0.2) is 8.78 Å². The van der Waals surface area contributed by atoms with Gasteiger partial charge in [-0.2, -0.15) is 4.98 Å². The van der Waals surface area contributed by atoms with E-state index in [0.29, 0.717) is 29.9 Å². The Bertz CT molecular complexity index is 1060. The maximum atomic E-state index is 13.8. The SMILES string of the molecule is CCc1noc(CN2CN(C3CCNCC3)Cc3sc(-c4ccc(F)c(F)c4)cc32)n1. The lowest BCUT2D eigenvalue weighted by Crippen LogP contribution is -2.49. The van der Waals surface area contributed by atoms with Crippen LogP contribution in [0, 0.1) is 11.6 Å². The van der Waals surface area contributed by atoms with Gasteiger partial charge in [-0.3, -0.25) is 4.90 Å². The minimum Gasteiger partial charge on any atom is -0.348 e. The first-order valence-corrected chi connectivity index (χ1v) is 11.5. The van der Waals surface area contributed by atoms with Crippen LogP contribution >= 0.6 is 11.3 Å². The van der Waals surface area contributed by atoms with Crippen LogP contribution in [0.15, 0.2) is 28.8 Å². The lowest BCUT2D eigenvalue weighted by atomic mass is 10.0. The van der Waals surface area contributed by atoms with Crippen molar-refractivity contribution in [3.05, 3.63) is 52.5 Å². The van der Waals surface area contributed by atoms with Gasteiger partial charge in [-0.1, -0.05) is 18.1 Å². The number of piperidine rings is 1. The fourth-order valence-electron chi connectivity index (χ4n) is 4.33. The van der Waals surface area contributed by atoms with E-state index in [1.807, 2.05) is 6.92 Å². The highest BCUT2D eigenvalue weighted by Crippen LogP contribution is 2.41. The molecule has 0 spiro atoms. The molecular formula is C22H25F2N5OS. The minimum absolute atomic E-state index is 0.514. The van der Waals surface area contributed by atoms with Crippen LogP contribution in [0.4, 0.5) is 14.5 Å². The zero-order chi connectivity index (χ0) is 21.4. The molecule has 1 saturated heterocycles. The maximum Gasteiger partial charge on any atom is 0.246 e. The van der Waals surface area contributed by atoms with Gasteiger partial charge in [0.15, 0.2) is 17.5 Å². The zero-order valence-electron chi connectivity index (χ0n) is 17.4. The van der Waals surface area contributed by atoms with E-state index in [2.05, 4.69) is 31.3 Å². The number of halogens is 2. The average molecular weight is 446 g/mol. The van der Waals surface area contributed by atoms with Gasteiger partial charge in [-0.05, 0) is 49.7 Å². The number of aryl methyl sites for hydroxylation is 1. The van der Waals surface area contributed by atoms with Crippen molar-refractivity contribution in [3.63, 3.8) is 0 Å². The Kier molecular flexibility index (Phi) is 5.73. The quantitative estimate of drug-likeness (QED) is 0.636. The van der Waals surface area contributed by atoms with Crippen LogP contribution in [0.2, 0.25) is 0 Å². The van der Waals surface area contributed by atoms with Crippen molar-refractivity contribution in [2.24, 2.45) is 0 Å². The molecule has 5 rings (SSSR count). The molecule has 4 heterocycles. The molecule has 0 bridgehead atoms. The van der Waals surface area contributed by atoms with E-state index in [0.717, 1.165) is 56.1 Å². The molecule has 1 N–H and O–H groups in total. The molecule has 2 aliphatic heterocycles. The second-order valence-electron chi connectivity index (χ2n) is 8.07. The highest BCUT2D eigenvalue weighted by Gasteiger charge is 2.31. The van der Waals surface area contributed by atoms with Crippen molar-refractivity contribution < 1.29 is 13.3 Å². The predicted octanol–water partition coefficient (Wildman–Crippen LogP) is 4.17. The normalized spacial score (nSPS) is 17.8. The van der Waals surface area contributed by atoms with Crippen molar-refractivity contribution in [1.29, 1.82) is 0 Å². The van der Waals surface area contributed by atoms with Crippen molar-refractivity contribution in [3.8, 4) is 10.4 Å². The number of benzene rings is 1. The van der Waals surface area contributed by atoms with Crippen LogP contribution in [-0.4, -0.2) is 40.8 Å². The zero-order valence-corrected chi connectivity index (χ0v) is 18.2. The number of anilines is 1. The number of thiophene rings is 1. The maximum absolute atomic E-state index is 13.8. The van der Waals surface area contributed by atoms with Crippen LogP contribution in [0.25, 0.3) is 10.4 Å². The standard InChI is InChI=1S/C22H25F2N5OS/c1-2-21-26-22(30-27-21)12-29-13-28(15-5-7-25-8-6-15)11-20-18(29)10-19(31-20)14-3-4-16(23)17(24)9-14/h3-4,9-10,15,25H,2,5-8,11-13H2,1H3. The van der Waals surface area contributed by atoms with Gasteiger partial charge in [0, 0.05) is 28.8 Å². The highest BCUT2D eigenvalue weighted by atomic mass is 32.1. The largest absolute Gasteiger partial charge is 0.348 e. The number of fused-ring (bicyclic) bond motifs is 1. The van der Waals surface area contributed by atoms with Gasteiger partial charge in [0.2, 0.25) is 5.89 Å². The molecule has 9 heteroatoms. The van der Waals surface area contributed by atoms with E-state index in [1.165, 1.54) is 17.0 Å². The fraction of sp³-hybridized carbons (Fsp3) is 0.455. The lowest BCUT2D eigenvalue weighted by molar-refractivity contribution is 0.146. The summed E-state index contributed by atoms with van der Waals surface area (Å²) in [5, 5.41) is 7.46. The number of nitrogens with one attached hydrogen (secondary N) is 1. The van der Waals surface area contributed by atoms with Crippen LogP contribution in [0.5, 0.6) is 0 Å². The minimum atomic E-state index is -0.827. The molecule has 0 amide bonds. The van der Waals surface area contributed by atoms with Crippen molar-refractivity contribution >= 4 is 17.0 Å². The molecule has 0 atom stereocenters. The van der Waals surface area contributed by atoms with Gasteiger partial charge < -0.3 is 14.7 Å². The topological polar surface area (TPSA) is 57.4 Å². The summed E-state index contributed by atoms with van der Waals surface area (Å²) in [6, 6.07) is 6.68. The molecule has 1 fully saturated rings. The summed E-state index contributed by atoms with van der Waals surface area (Å²) in [5.41, 5.74) is 1.80. The molecule has 31 heavy (non-hydrogen) atoms.